The van der Waals surface area contributed by atoms with Crippen LogP contribution in [0.25, 0.3) is 0 Å². The number of hydrogen-bond donors (Lipinski definition) is 0. The molecule has 5 nitrogen and oxygen atoms in total. The molecule has 0 N–H and O–H groups in total. The van der Waals surface area contributed by atoms with Crippen LogP contribution < -0.4 is 0 Å². The highest BCUT2D eigenvalue weighted by Gasteiger charge is 2.22. The Balaban J connectivity index is 2.22. The summed E-state index contributed by atoms with van der Waals surface area (Å²) in [4.78, 5) is 2.24. The van der Waals surface area contributed by atoms with Gasteiger partial charge in [0.25, 0.3) is 0 Å². The topological polar surface area (TPSA) is 49.9 Å². The summed E-state index contributed by atoms with van der Waals surface area (Å²) >= 11 is 0. The van der Waals surface area contributed by atoms with E-state index < -0.39 is 10.0 Å². The first-order valence-corrected chi connectivity index (χ1v) is 7.53. The van der Waals surface area contributed by atoms with Crippen LogP contribution in [-0.4, -0.2) is 69.3 Å². The van der Waals surface area contributed by atoms with E-state index in [1.807, 2.05) is 13.8 Å². The van der Waals surface area contributed by atoms with Crippen LogP contribution in [0, 0.1) is 0 Å². The fourth-order valence-corrected chi connectivity index (χ4v) is 2.53. The Hall–Kier alpha value is -0.170. The monoisotopic (exact) mass is 250 g/mol. The maximum absolute atomic E-state index is 11.3. The fraction of sp³-hybridized carbons (Fsp3) is 1.00. The third-order valence-electron chi connectivity index (χ3n) is 2.66. The summed E-state index contributed by atoms with van der Waals surface area (Å²) in [6.07, 6.45) is 1.53. The molecule has 96 valence electrons. The van der Waals surface area contributed by atoms with Crippen molar-refractivity contribution in [1.82, 2.24) is 9.21 Å². The number of ether oxygens (including phenoxy) is 1. The van der Waals surface area contributed by atoms with Crippen LogP contribution in [0.4, 0.5) is 0 Å². The van der Waals surface area contributed by atoms with Gasteiger partial charge in [-0.2, -0.15) is 4.31 Å². The molecule has 0 radical (unpaired) electrons. The molecule has 1 rings (SSSR count). The maximum Gasteiger partial charge on any atom is 0.211 e. The van der Waals surface area contributed by atoms with E-state index in [1.165, 1.54) is 10.6 Å². The highest BCUT2D eigenvalue weighted by atomic mass is 32.2. The lowest BCUT2D eigenvalue weighted by molar-refractivity contribution is 0.0521. The Labute approximate surface area is 98.4 Å². The molecule has 0 aromatic heterocycles. The molecular formula is C10H22N2O3S. The van der Waals surface area contributed by atoms with Gasteiger partial charge in [-0.15, -0.1) is 0 Å². The molecule has 0 aromatic carbocycles. The van der Waals surface area contributed by atoms with Crippen molar-refractivity contribution in [2.75, 3.05) is 45.6 Å². The van der Waals surface area contributed by atoms with Crippen molar-refractivity contribution >= 4 is 10.0 Å². The first kappa shape index (κ1) is 13.9. The molecule has 1 aliphatic heterocycles. The van der Waals surface area contributed by atoms with Crippen molar-refractivity contribution in [3.63, 3.8) is 0 Å². The molecule has 0 spiro atoms. The number of rotatable bonds is 5. The SMILES string of the molecule is CC(C)OCCN1CCN(S(C)(=O)=O)CC1. The number of nitrogens with zero attached hydrogens (tertiary/aromatic N) is 2. The summed E-state index contributed by atoms with van der Waals surface area (Å²) in [5, 5.41) is 0. The van der Waals surface area contributed by atoms with Crippen molar-refractivity contribution in [2.45, 2.75) is 20.0 Å². The van der Waals surface area contributed by atoms with Gasteiger partial charge in [-0.3, -0.25) is 4.90 Å². The van der Waals surface area contributed by atoms with E-state index in [1.54, 1.807) is 0 Å². The predicted octanol–water partition coefficient (Wildman–Crippen LogP) is -0.0114. The summed E-state index contributed by atoms with van der Waals surface area (Å²) in [5.41, 5.74) is 0. The van der Waals surface area contributed by atoms with E-state index in [2.05, 4.69) is 4.90 Å². The van der Waals surface area contributed by atoms with Gasteiger partial charge in [-0.1, -0.05) is 0 Å². The van der Waals surface area contributed by atoms with Crippen LogP contribution in [0.2, 0.25) is 0 Å². The van der Waals surface area contributed by atoms with Crippen LogP contribution in [0.3, 0.4) is 0 Å². The number of hydrogen-bond acceptors (Lipinski definition) is 4. The van der Waals surface area contributed by atoms with Gasteiger partial charge < -0.3 is 4.74 Å². The largest absolute Gasteiger partial charge is 0.377 e. The molecule has 0 unspecified atom stereocenters. The van der Waals surface area contributed by atoms with E-state index in [4.69, 9.17) is 4.74 Å². The minimum atomic E-state index is -3.01. The second-order valence-corrected chi connectivity index (χ2v) is 6.41. The summed E-state index contributed by atoms with van der Waals surface area (Å²) < 4.78 is 29.6. The Kier molecular flexibility index (Phi) is 5.17. The predicted molar refractivity (Wildman–Crippen MR) is 63.9 cm³/mol. The summed E-state index contributed by atoms with van der Waals surface area (Å²) in [6, 6.07) is 0. The van der Waals surface area contributed by atoms with Crippen LogP contribution in [0.15, 0.2) is 0 Å². The Morgan fingerprint density at radius 3 is 2.19 bits per heavy atom. The van der Waals surface area contributed by atoms with Gasteiger partial charge in [0.2, 0.25) is 10.0 Å². The molecule has 1 saturated heterocycles. The van der Waals surface area contributed by atoms with Gasteiger partial charge in [0.1, 0.15) is 0 Å². The normalized spacial score (nSPS) is 20.5. The smallest absolute Gasteiger partial charge is 0.211 e. The minimum absolute atomic E-state index is 0.261. The lowest BCUT2D eigenvalue weighted by atomic mass is 10.3. The Bertz CT molecular complexity index is 295. The number of sulfonamides is 1. The van der Waals surface area contributed by atoms with Crippen LogP contribution in [0.5, 0.6) is 0 Å². The van der Waals surface area contributed by atoms with E-state index >= 15 is 0 Å². The first-order valence-electron chi connectivity index (χ1n) is 5.68. The van der Waals surface area contributed by atoms with Crippen molar-refractivity contribution in [1.29, 1.82) is 0 Å². The third-order valence-corrected chi connectivity index (χ3v) is 3.96. The zero-order valence-corrected chi connectivity index (χ0v) is 11.2. The van der Waals surface area contributed by atoms with Gasteiger partial charge in [-0.05, 0) is 13.8 Å². The fourth-order valence-electron chi connectivity index (χ4n) is 1.70. The van der Waals surface area contributed by atoms with Crippen LogP contribution in [0.1, 0.15) is 13.8 Å². The molecule has 0 bridgehead atoms. The summed E-state index contributed by atoms with van der Waals surface area (Å²) in [6.45, 7) is 8.43. The highest BCUT2D eigenvalue weighted by Crippen LogP contribution is 2.05. The Morgan fingerprint density at radius 2 is 1.75 bits per heavy atom. The van der Waals surface area contributed by atoms with E-state index in [-0.39, 0.29) is 6.10 Å². The second kappa shape index (κ2) is 5.95. The number of piperazine rings is 1. The van der Waals surface area contributed by atoms with Crippen molar-refractivity contribution < 1.29 is 13.2 Å². The molecular weight excluding hydrogens is 228 g/mol. The van der Waals surface area contributed by atoms with E-state index in [9.17, 15) is 8.42 Å². The summed E-state index contributed by atoms with van der Waals surface area (Å²) in [5.74, 6) is 0. The molecule has 0 saturated carbocycles. The van der Waals surface area contributed by atoms with Crippen molar-refractivity contribution in [2.24, 2.45) is 0 Å². The zero-order valence-electron chi connectivity index (χ0n) is 10.3. The molecule has 16 heavy (non-hydrogen) atoms. The lowest BCUT2D eigenvalue weighted by Gasteiger charge is -2.33. The van der Waals surface area contributed by atoms with Gasteiger partial charge in [0.05, 0.1) is 19.0 Å². The molecule has 1 aliphatic rings. The van der Waals surface area contributed by atoms with E-state index in [0.29, 0.717) is 13.1 Å². The molecule has 1 fully saturated rings. The van der Waals surface area contributed by atoms with Gasteiger partial charge in [-0.25, -0.2) is 8.42 Å². The Morgan fingerprint density at radius 1 is 1.19 bits per heavy atom. The average Bonchev–Trinajstić information content (AvgIpc) is 2.16. The highest BCUT2D eigenvalue weighted by molar-refractivity contribution is 7.88. The standard InChI is InChI=1S/C10H22N2O3S/c1-10(2)15-9-8-11-4-6-12(7-5-11)16(3,13)14/h10H,4-9H2,1-3H3. The molecule has 0 atom stereocenters. The van der Waals surface area contributed by atoms with E-state index in [0.717, 1.165) is 26.2 Å². The molecule has 6 heteroatoms. The van der Waals surface area contributed by atoms with Crippen molar-refractivity contribution in [3.05, 3.63) is 0 Å². The molecule has 0 aliphatic carbocycles. The average molecular weight is 250 g/mol. The molecule has 0 aromatic rings. The van der Waals surface area contributed by atoms with Gasteiger partial charge in [0.15, 0.2) is 0 Å². The molecule has 1 heterocycles. The summed E-state index contributed by atoms with van der Waals surface area (Å²) in [7, 11) is -3.01. The zero-order chi connectivity index (χ0) is 12.2. The second-order valence-electron chi connectivity index (χ2n) is 4.42. The van der Waals surface area contributed by atoms with Gasteiger partial charge in [0, 0.05) is 32.7 Å². The minimum Gasteiger partial charge on any atom is -0.377 e. The third kappa shape index (κ3) is 4.78. The molecule has 0 amide bonds. The van der Waals surface area contributed by atoms with Crippen LogP contribution in [-0.2, 0) is 14.8 Å². The maximum atomic E-state index is 11.3. The van der Waals surface area contributed by atoms with Gasteiger partial charge >= 0.3 is 0 Å². The van der Waals surface area contributed by atoms with Crippen LogP contribution >= 0.6 is 0 Å². The first-order chi connectivity index (χ1) is 7.39. The lowest BCUT2D eigenvalue weighted by Crippen LogP contribution is -2.49. The quantitative estimate of drug-likeness (QED) is 0.688. The van der Waals surface area contributed by atoms with Crippen molar-refractivity contribution in [3.8, 4) is 0 Å².